The van der Waals surface area contributed by atoms with Crippen molar-refractivity contribution in [2.24, 2.45) is 5.92 Å². The summed E-state index contributed by atoms with van der Waals surface area (Å²) in [6, 6.07) is 21.6. The number of carboxylic acids is 1. The molecule has 1 N–H and O–H groups in total. The van der Waals surface area contributed by atoms with Crippen LogP contribution in [0.4, 0.5) is 5.13 Å². The van der Waals surface area contributed by atoms with Crippen molar-refractivity contribution in [3.8, 4) is 22.4 Å². The Kier molecular flexibility index (Phi) is 8.43. The van der Waals surface area contributed by atoms with Crippen molar-refractivity contribution in [3.05, 3.63) is 89.6 Å². The Labute approximate surface area is 221 Å². The molecule has 0 unspecified atom stereocenters. The van der Waals surface area contributed by atoms with Crippen molar-refractivity contribution in [3.63, 3.8) is 0 Å². The lowest BCUT2D eigenvalue weighted by molar-refractivity contribution is -0.140. The van der Waals surface area contributed by atoms with Crippen LogP contribution in [0.25, 0.3) is 22.4 Å². The van der Waals surface area contributed by atoms with Crippen LogP contribution in [-0.4, -0.2) is 53.0 Å². The number of benzene rings is 2. The number of carboxylic acid groups (broad SMARTS) is 1. The van der Waals surface area contributed by atoms with Gasteiger partial charge in [0.2, 0.25) is 5.91 Å². The first kappa shape index (κ1) is 26.2. The molecule has 1 amide bonds. The van der Waals surface area contributed by atoms with E-state index in [1.54, 1.807) is 7.05 Å². The minimum Gasteiger partial charge on any atom is -0.481 e. The summed E-state index contributed by atoms with van der Waals surface area (Å²) in [6.45, 7) is 0.769. The average Bonchev–Trinajstić information content (AvgIpc) is 3.38. The van der Waals surface area contributed by atoms with Gasteiger partial charge >= 0.3 is 5.97 Å². The largest absolute Gasteiger partial charge is 0.481 e. The summed E-state index contributed by atoms with van der Waals surface area (Å²) in [5, 5.41) is 11.9. The van der Waals surface area contributed by atoms with E-state index in [0.717, 1.165) is 40.2 Å². The number of aliphatic carboxylic acids is 1. The number of amides is 1. The summed E-state index contributed by atoms with van der Waals surface area (Å²) in [4.78, 5) is 37.8. The smallest absolute Gasteiger partial charge is 0.304 e. The lowest BCUT2D eigenvalue weighted by Gasteiger charge is -2.21. The molecule has 0 bridgehead atoms. The molecular formula is C29H30N4O3S. The second kappa shape index (κ2) is 11.9. The van der Waals surface area contributed by atoms with Gasteiger partial charge in [-0.3, -0.25) is 19.5 Å². The zero-order valence-corrected chi connectivity index (χ0v) is 22.0. The molecule has 0 fully saturated rings. The summed E-state index contributed by atoms with van der Waals surface area (Å²) in [5.41, 5.74) is 5.61. The maximum absolute atomic E-state index is 13.3. The standard InChI is InChI=1S/C29H30N4O3S/c1-32(2)18-23-14-13-21(17-30-23)24-11-7-8-12-25(24)26-19-37-29(31-26)33(3)28(36)22(16-27(34)35)15-20-9-5-4-6-10-20/h4-14,17,19,22H,15-16,18H2,1-3H3,(H,34,35)/t22-/m1/s1. The molecule has 37 heavy (non-hydrogen) atoms. The van der Waals surface area contributed by atoms with Crippen molar-refractivity contribution in [2.75, 3.05) is 26.0 Å². The van der Waals surface area contributed by atoms with Crippen molar-refractivity contribution in [1.82, 2.24) is 14.9 Å². The Morgan fingerprint density at radius 1 is 0.946 bits per heavy atom. The van der Waals surface area contributed by atoms with Gasteiger partial charge in [0, 0.05) is 36.3 Å². The van der Waals surface area contributed by atoms with Gasteiger partial charge in [0.05, 0.1) is 23.7 Å². The SMILES string of the molecule is CN(C)Cc1ccc(-c2ccccc2-c2csc(N(C)C(=O)[C@@H](CC(=O)O)Cc3ccccc3)n2)cn1. The van der Waals surface area contributed by atoms with Gasteiger partial charge in [0.15, 0.2) is 5.13 Å². The minimum absolute atomic E-state index is 0.240. The number of pyridine rings is 1. The van der Waals surface area contributed by atoms with Gasteiger partial charge in [-0.25, -0.2) is 4.98 Å². The molecule has 0 saturated carbocycles. The van der Waals surface area contributed by atoms with Crippen LogP contribution in [0.5, 0.6) is 0 Å². The Morgan fingerprint density at radius 2 is 1.65 bits per heavy atom. The number of aromatic nitrogens is 2. The number of hydrogen-bond donors (Lipinski definition) is 1. The molecule has 2 heterocycles. The van der Waals surface area contributed by atoms with E-state index >= 15 is 0 Å². The monoisotopic (exact) mass is 514 g/mol. The van der Waals surface area contributed by atoms with Crippen LogP contribution >= 0.6 is 11.3 Å². The highest BCUT2D eigenvalue weighted by molar-refractivity contribution is 7.14. The maximum atomic E-state index is 13.3. The van der Waals surface area contributed by atoms with Crippen LogP contribution in [0.15, 0.2) is 78.3 Å². The Morgan fingerprint density at radius 3 is 2.30 bits per heavy atom. The maximum Gasteiger partial charge on any atom is 0.304 e. The number of carbonyl (C=O) groups excluding carboxylic acids is 1. The highest BCUT2D eigenvalue weighted by atomic mass is 32.1. The van der Waals surface area contributed by atoms with E-state index in [4.69, 9.17) is 4.98 Å². The van der Waals surface area contributed by atoms with E-state index in [-0.39, 0.29) is 12.3 Å². The van der Waals surface area contributed by atoms with Crippen LogP contribution in [0.3, 0.4) is 0 Å². The molecule has 2 aromatic carbocycles. The van der Waals surface area contributed by atoms with Crippen LogP contribution in [0, 0.1) is 5.92 Å². The van der Waals surface area contributed by atoms with Crippen LogP contribution < -0.4 is 4.90 Å². The summed E-state index contributed by atoms with van der Waals surface area (Å²) in [7, 11) is 5.68. The first-order chi connectivity index (χ1) is 17.8. The molecular weight excluding hydrogens is 484 g/mol. The van der Waals surface area contributed by atoms with Gasteiger partial charge in [0.1, 0.15) is 0 Å². The molecule has 8 heteroatoms. The third kappa shape index (κ3) is 6.67. The third-order valence-corrected chi connectivity index (χ3v) is 6.94. The van der Waals surface area contributed by atoms with E-state index in [1.807, 2.05) is 86.3 Å². The molecule has 4 rings (SSSR count). The molecule has 0 aliphatic rings. The molecule has 0 radical (unpaired) electrons. The van der Waals surface area contributed by atoms with E-state index in [9.17, 15) is 14.7 Å². The van der Waals surface area contributed by atoms with Gasteiger partial charge in [-0.15, -0.1) is 11.3 Å². The molecule has 0 saturated heterocycles. The molecule has 190 valence electrons. The molecule has 0 aliphatic carbocycles. The fourth-order valence-corrected chi connectivity index (χ4v) is 5.02. The fourth-order valence-electron chi connectivity index (χ4n) is 4.23. The third-order valence-electron chi connectivity index (χ3n) is 6.02. The first-order valence-corrected chi connectivity index (χ1v) is 12.9. The molecule has 0 spiro atoms. The predicted octanol–water partition coefficient (Wildman–Crippen LogP) is 5.23. The fraction of sp³-hybridized carbons (Fsp3) is 0.241. The second-order valence-electron chi connectivity index (χ2n) is 9.22. The topological polar surface area (TPSA) is 86.6 Å². The molecule has 4 aromatic rings. The van der Waals surface area contributed by atoms with Gasteiger partial charge in [-0.05, 0) is 37.7 Å². The van der Waals surface area contributed by atoms with Crippen molar-refractivity contribution in [2.45, 2.75) is 19.4 Å². The van der Waals surface area contributed by atoms with E-state index in [0.29, 0.717) is 11.6 Å². The number of thiazole rings is 1. The lowest BCUT2D eigenvalue weighted by Crippen LogP contribution is -2.35. The van der Waals surface area contributed by atoms with Crippen molar-refractivity contribution < 1.29 is 14.7 Å². The summed E-state index contributed by atoms with van der Waals surface area (Å²) in [5.74, 6) is -1.95. The molecule has 2 aromatic heterocycles. The first-order valence-electron chi connectivity index (χ1n) is 12.0. The zero-order chi connectivity index (χ0) is 26.4. The Hall–Kier alpha value is -3.88. The van der Waals surface area contributed by atoms with E-state index in [2.05, 4.69) is 16.0 Å². The number of anilines is 1. The number of hydrogen-bond acceptors (Lipinski definition) is 6. The summed E-state index contributed by atoms with van der Waals surface area (Å²) < 4.78 is 0. The van der Waals surface area contributed by atoms with Gasteiger partial charge in [-0.2, -0.15) is 0 Å². The number of rotatable bonds is 10. The van der Waals surface area contributed by atoms with Crippen molar-refractivity contribution in [1.29, 1.82) is 0 Å². The normalized spacial score (nSPS) is 11.9. The van der Waals surface area contributed by atoms with E-state index in [1.165, 1.54) is 16.2 Å². The molecule has 1 atom stereocenters. The Bertz CT molecular complexity index is 1350. The van der Waals surface area contributed by atoms with Crippen LogP contribution in [0.1, 0.15) is 17.7 Å². The van der Waals surface area contributed by atoms with Gasteiger partial charge in [0.25, 0.3) is 0 Å². The van der Waals surface area contributed by atoms with E-state index < -0.39 is 11.9 Å². The number of carbonyl (C=O) groups is 2. The minimum atomic E-state index is -0.998. The Balaban J connectivity index is 1.57. The highest BCUT2D eigenvalue weighted by Gasteiger charge is 2.27. The zero-order valence-electron chi connectivity index (χ0n) is 21.2. The number of nitrogens with zero attached hydrogens (tertiary/aromatic N) is 4. The average molecular weight is 515 g/mol. The molecule has 0 aliphatic heterocycles. The quantitative estimate of drug-likeness (QED) is 0.312. The highest BCUT2D eigenvalue weighted by Crippen LogP contribution is 2.35. The summed E-state index contributed by atoms with van der Waals surface area (Å²) in [6.07, 6.45) is 1.99. The van der Waals surface area contributed by atoms with Crippen LogP contribution in [-0.2, 0) is 22.6 Å². The summed E-state index contributed by atoms with van der Waals surface area (Å²) >= 11 is 1.36. The molecule has 7 nitrogen and oxygen atoms in total. The van der Waals surface area contributed by atoms with Gasteiger partial charge < -0.3 is 10.0 Å². The van der Waals surface area contributed by atoms with Gasteiger partial charge in [-0.1, -0.05) is 60.7 Å². The predicted molar refractivity (Wildman–Crippen MR) is 147 cm³/mol. The lowest BCUT2D eigenvalue weighted by atomic mass is 9.95. The van der Waals surface area contributed by atoms with Crippen LogP contribution in [0.2, 0.25) is 0 Å². The second-order valence-corrected chi connectivity index (χ2v) is 10.1. The van der Waals surface area contributed by atoms with Crippen molar-refractivity contribution >= 4 is 28.3 Å².